The number of nitrogens with one attached hydrogen (secondary N) is 1. The summed E-state index contributed by atoms with van der Waals surface area (Å²) >= 11 is 0. The van der Waals surface area contributed by atoms with Crippen molar-refractivity contribution in [2.75, 3.05) is 18.4 Å². The molecule has 0 unspecified atom stereocenters. The number of aromatic nitrogens is 1. The lowest BCUT2D eigenvalue weighted by molar-refractivity contribution is -0.122. The van der Waals surface area contributed by atoms with Crippen LogP contribution in [-0.4, -0.2) is 34.9 Å². The molecular formula is C20H25N3O2. The van der Waals surface area contributed by atoms with E-state index in [1.165, 1.54) is 6.42 Å². The monoisotopic (exact) mass is 339 g/mol. The summed E-state index contributed by atoms with van der Waals surface area (Å²) in [4.78, 5) is 19.2. The zero-order chi connectivity index (χ0) is 17.5. The largest absolute Gasteiger partial charge is 0.439 e. The Morgan fingerprint density at radius 1 is 1.24 bits per heavy atom. The first-order valence-corrected chi connectivity index (χ1v) is 9.00. The van der Waals surface area contributed by atoms with E-state index in [9.17, 15) is 4.79 Å². The van der Waals surface area contributed by atoms with Crippen LogP contribution in [0.1, 0.15) is 32.6 Å². The molecule has 0 saturated carbocycles. The zero-order valence-electron chi connectivity index (χ0n) is 14.6. The van der Waals surface area contributed by atoms with Crippen molar-refractivity contribution in [3.05, 3.63) is 48.7 Å². The topological polar surface area (TPSA) is 54.5 Å². The molecule has 1 aliphatic rings. The van der Waals surface area contributed by atoms with Crippen molar-refractivity contribution < 1.29 is 9.53 Å². The zero-order valence-corrected chi connectivity index (χ0v) is 14.6. The predicted molar refractivity (Wildman–Crippen MR) is 98.9 cm³/mol. The summed E-state index contributed by atoms with van der Waals surface area (Å²) in [7, 11) is 0. The number of piperidine rings is 1. The number of anilines is 1. The third kappa shape index (κ3) is 4.79. The fourth-order valence-electron chi connectivity index (χ4n) is 3.19. The molecule has 1 aliphatic heterocycles. The second-order valence-corrected chi connectivity index (χ2v) is 6.34. The summed E-state index contributed by atoms with van der Waals surface area (Å²) in [5.41, 5.74) is 0.701. The molecule has 2 heterocycles. The minimum absolute atomic E-state index is 0.0334. The quantitative estimate of drug-likeness (QED) is 0.862. The van der Waals surface area contributed by atoms with Crippen molar-refractivity contribution in [3.8, 4) is 11.6 Å². The molecule has 1 aromatic heterocycles. The maximum atomic E-state index is 12.6. The lowest BCUT2D eigenvalue weighted by Gasteiger charge is -2.34. The maximum absolute atomic E-state index is 12.6. The van der Waals surface area contributed by atoms with Gasteiger partial charge in [0.2, 0.25) is 11.8 Å². The highest BCUT2D eigenvalue weighted by atomic mass is 16.5. The summed E-state index contributed by atoms with van der Waals surface area (Å²) in [5, 5.41) is 2.99. The number of carbonyl (C=O) groups excluding carboxylic acids is 1. The molecule has 2 aromatic rings. The molecule has 1 amide bonds. The van der Waals surface area contributed by atoms with Crippen LogP contribution < -0.4 is 10.1 Å². The predicted octanol–water partition coefficient (Wildman–Crippen LogP) is 4.08. The van der Waals surface area contributed by atoms with E-state index in [4.69, 9.17) is 4.74 Å². The van der Waals surface area contributed by atoms with Gasteiger partial charge in [-0.3, -0.25) is 9.69 Å². The number of amides is 1. The molecule has 0 bridgehead atoms. The number of carbonyl (C=O) groups is 1. The van der Waals surface area contributed by atoms with Gasteiger partial charge >= 0.3 is 0 Å². The summed E-state index contributed by atoms with van der Waals surface area (Å²) in [6, 6.07) is 13.1. The first-order chi connectivity index (χ1) is 12.3. The van der Waals surface area contributed by atoms with Gasteiger partial charge in [-0.25, -0.2) is 4.98 Å². The van der Waals surface area contributed by atoms with Crippen LogP contribution in [0.5, 0.6) is 11.6 Å². The van der Waals surface area contributed by atoms with Gasteiger partial charge in [-0.1, -0.05) is 31.5 Å². The number of hydrogen-bond donors (Lipinski definition) is 1. The molecule has 1 fully saturated rings. The molecule has 25 heavy (non-hydrogen) atoms. The molecule has 0 spiro atoms. The molecule has 1 aromatic carbocycles. The molecule has 5 heteroatoms. The first kappa shape index (κ1) is 17.4. The van der Waals surface area contributed by atoms with Gasteiger partial charge < -0.3 is 10.1 Å². The van der Waals surface area contributed by atoms with E-state index < -0.39 is 0 Å². The van der Waals surface area contributed by atoms with Crippen molar-refractivity contribution >= 4 is 11.6 Å². The number of para-hydroxylation sites is 1. The second-order valence-electron chi connectivity index (χ2n) is 6.34. The molecule has 132 valence electrons. The Kier molecular flexibility index (Phi) is 6.01. The van der Waals surface area contributed by atoms with Gasteiger partial charge in [0, 0.05) is 6.07 Å². The van der Waals surface area contributed by atoms with Crippen molar-refractivity contribution in [1.29, 1.82) is 0 Å². The molecular weight excluding hydrogens is 314 g/mol. The van der Waals surface area contributed by atoms with E-state index in [0.29, 0.717) is 11.6 Å². The third-order valence-electron chi connectivity index (χ3n) is 4.40. The Labute approximate surface area is 149 Å². The molecule has 5 nitrogen and oxygen atoms in total. The summed E-state index contributed by atoms with van der Waals surface area (Å²) in [5.74, 6) is 1.31. The number of rotatable bonds is 6. The Hall–Kier alpha value is -2.40. The van der Waals surface area contributed by atoms with E-state index in [2.05, 4.69) is 22.1 Å². The average molecular weight is 339 g/mol. The fourth-order valence-corrected chi connectivity index (χ4v) is 3.19. The van der Waals surface area contributed by atoms with Gasteiger partial charge in [-0.05, 0) is 50.6 Å². The van der Waals surface area contributed by atoms with Crippen molar-refractivity contribution in [1.82, 2.24) is 9.88 Å². The Morgan fingerprint density at radius 3 is 2.80 bits per heavy atom. The second kappa shape index (κ2) is 8.62. The molecule has 3 rings (SSSR count). The van der Waals surface area contributed by atoms with Gasteiger partial charge in [0.1, 0.15) is 5.75 Å². The molecule has 1 saturated heterocycles. The highest BCUT2D eigenvalue weighted by molar-refractivity contribution is 5.94. The van der Waals surface area contributed by atoms with Crippen LogP contribution in [0.15, 0.2) is 48.7 Å². The Bertz CT molecular complexity index is 671. The smallest absolute Gasteiger partial charge is 0.241 e. The lowest BCUT2D eigenvalue weighted by atomic mass is 10.0. The Morgan fingerprint density at radius 2 is 2.08 bits per heavy atom. The minimum Gasteiger partial charge on any atom is -0.439 e. The van der Waals surface area contributed by atoms with Gasteiger partial charge in [0.15, 0.2) is 0 Å². The van der Waals surface area contributed by atoms with Crippen LogP contribution >= 0.6 is 0 Å². The Balaban J connectivity index is 1.59. The summed E-state index contributed by atoms with van der Waals surface area (Å²) in [6.07, 6.45) is 5.92. The van der Waals surface area contributed by atoms with E-state index in [1.54, 1.807) is 12.3 Å². The van der Waals surface area contributed by atoms with Crippen molar-refractivity contribution in [2.45, 2.75) is 38.6 Å². The van der Waals surface area contributed by atoms with E-state index in [-0.39, 0.29) is 11.9 Å². The van der Waals surface area contributed by atoms with Gasteiger partial charge in [0.25, 0.3) is 0 Å². The van der Waals surface area contributed by atoms with E-state index in [1.807, 2.05) is 36.4 Å². The van der Waals surface area contributed by atoms with Crippen LogP contribution in [0, 0.1) is 0 Å². The van der Waals surface area contributed by atoms with E-state index >= 15 is 0 Å². The molecule has 1 N–H and O–H groups in total. The maximum Gasteiger partial charge on any atom is 0.241 e. The van der Waals surface area contributed by atoms with Crippen LogP contribution in [0.3, 0.4) is 0 Å². The lowest BCUT2D eigenvalue weighted by Crippen LogP contribution is -2.47. The van der Waals surface area contributed by atoms with Crippen LogP contribution in [0.4, 0.5) is 5.69 Å². The van der Waals surface area contributed by atoms with Crippen molar-refractivity contribution in [2.24, 2.45) is 0 Å². The van der Waals surface area contributed by atoms with Gasteiger partial charge in [-0.15, -0.1) is 0 Å². The fraction of sp³-hybridized carbons (Fsp3) is 0.400. The summed E-state index contributed by atoms with van der Waals surface area (Å²) in [6.45, 7) is 4.13. The molecule has 0 radical (unpaired) electrons. The number of pyridine rings is 1. The minimum atomic E-state index is -0.0334. The standard InChI is InChI=1S/C20H25N3O2/c1-2-13-23-14-7-6-10-18(23)20(24)22-16-11-12-19(21-15-16)25-17-8-4-3-5-9-17/h3-5,8-9,11-12,15,18H,2,6-7,10,13-14H2,1H3,(H,22,24)/t18-/m1/s1. The number of nitrogens with zero attached hydrogens (tertiary/aromatic N) is 2. The molecule has 0 aliphatic carbocycles. The first-order valence-electron chi connectivity index (χ1n) is 9.00. The summed E-state index contributed by atoms with van der Waals surface area (Å²) < 4.78 is 5.67. The third-order valence-corrected chi connectivity index (χ3v) is 4.40. The highest BCUT2D eigenvalue weighted by Crippen LogP contribution is 2.22. The molecule has 1 atom stereocenters. The van der Waals surface area contributed by atoms with Gasteiger partial charge in [0.05, 0.1) is 17.9 Å². The van der Waals surface area contributed by atoms with Crippen LogP contribution in [0.25, 0.3) is 0 Å². The average Bonchev–Trinajstić information content (AvgIpc) is 2.65. The van der Waals surface area contributed by atoms with Crippen LogP contribution in [0.2, 0.25) is 0 Å². The highest BCUT2D eigenvalue weighted by Gasteiger charge is 2.27. The van der Waals surface area contributed by atoms with Gasteiger partial charge in [-0.2, -0.15) is 0 Å². The number of likely N-dealkylation sites (tertiary alicyclic amines) is 1. The van der Waals surface area contributed by atoms with Crippen molar-refractivity contribution in [3.63, 3.8) is 0 Å². The number of hydrogen-bond acceptors (Lipinski definition) is 4. The number of ether oxygens (including phenoxy) is 1. The SMILES string of the molecule is CCCN1CCCC[C@@H]1C(=O)Nc1ccc(Oc2ccccc2)nc1. The normalized spacial score (nSPS) is 17.9. The van der Waals surface area contributed by atoms with E-state index in [0.717, 1.165) is 38.1 Å². The van der Waals surface area contributed by atoms with Crippen LogP contribution in [-0.2, 0) is 4.79 Å². The number of benzene rings is 1.